The lowest BCUT2D eigenvalue weighted by Crippen LogP contribution is -2.55. The number of aliphatic hydroxyl groups excluding tert-OH is 1. The number of fused-ring (bicyclic) bond motifs is 1. The lowest BCUT2D eigenvalue weighted by Gasteiger charge is -2.40. The number of aliphatic hydroxyl groups is 1. The first-order chi connectivity index (χ1) is 8.84. The minimum Gasteiger partial charge on any atom is -0.394 e. The van der Waals surface area contributed by atoms with E-state index in [0.717, 1.165) is 0 Å². The molecule has 1 aromatic rings. The van der Waals surface area contributed by atoms with Crippen molar-refractivity contribution >= 4 is 0 Å². The maximum absolute atomic E-state index is 9.91. The Morgan fingerprint density at radius 2 is 2.06 bits per heavy atom. The van der Waals surface area contributed by atoms with Gasteiger partial charge in [-0.1, -0.05) is 37.1 Å². The zero-order valence-electron chi connectivity index (χ0n) is 10.7. The molecule has 2 N–H and O–H groups in total. The minimum absolute atomic E-state index is 0.0977. The standard InChI is InChI=1S/C15H21NO2/c17-10-15(16-13-6-2-3-7-13)11-18-9-12-5-1-4-8-14(12)15/h1,4-5,8,13,16-17H,2-3,6-7,9-11H2. The molecular weight excluding hydrogens is 226 g/mol. The van der Waals surface area contributed by atoms with Crippen molar-refractivity contribution in [2.45, 2.75) is 43.9 Å². The first-order valence-corrected chi connectivity index (χ1v) is 6.89. The monoisotopic (exact) mass is 247 g/mol. The first kappa shape index (κ1) is 12.2. The molecule has 0 radical (unpaired) electrons. The summed E-state index contributed by atoms with van der Waals surface area (Å²) < 4.78 is 5.69. The molecule has 1 aliphatic carbocycles. The Morgan fingerprint density at radius 1 is 1.28 bits per heavy atom. The van der Waals surface area contributed by atoms with Crippen molar-refractivity contribution < 1.29 is 9.84 Å². The molecule has 3 heteroatoms. The van der Waals surface area contributed by atoms with Gasteiger partial charge in [0.2, 0.25) is 0 Å². The molecule has 0 bridgehead atoms. The number of benzene rings is 1. The molecule has 1 atom stereocenters. The quantitative estimate of drug-likeness (QED) is 0.857. The van der Waals surface area contributed by atoms with E-state index < -0.39 is 5.54 Å². The summed E-state index contributed by atoms with van der Waals surface area (Å²) in [6.07, 6.45) is 5.01. The van der Waals surface area contributed by atoms with Gasteiger partial charge in [-0.25, -0.2) is 0 Å². The first-order valence-electron chi connectivity index (χ1n) is 6.89. The summed E-state index contributed by atoms with van der Waals surface area (Å²) >= 11 is 0. The largest absolute Gasteiger partial charge is 0.394 e. The molecule has 0 spiro atoms. The number of ether oxygens (including phenoxy) is 1. The number of hydrogen-bond donors (Lipinski definition) is 2. The Hall–Kier alpha value is -0.900. The van der Waals surface area contributed by atoms with Gasteiger partial charge in [0.25, 0.3) is 0 Å². The molecule has 1 fully saturated rings. The molecule has 18 heavy (non-hydrogen) atoms. The summed E-state index contributed by atoms with van der Waals surface area (Å²) in [5.41, 5.74) is 2.01. The third-order valence-electron chi connectivity index (χ3n) is 4.24. The van der Waals surface area contributed by atoms with Crippen LogP contribution in [0.4, 0.5) is 0 Å². The lowest BCUT2D eigenvalue weighted by atomic mass is 9.85. The molecule has 3 rings (SSSR count). The van der Waals surface area contributed by atoms with E-state index in [2.05, 4.69) is 17.4 Å². The summed E-state index contributed by atoms with van der Waals surface area (Å²) in [5.74, 6) is 0. The summed E-state index contributed by atoms with van der Waals surface area (Å²) in [4.78, 5) is 0. The molecule has 1 aliphatic heterocycles. The van der Waals surface area contributed by atoms with E-state index in [4.69, 9.17) is 4.74 Å². The fourth-order valence-electron chi connectivity index (χ4n) is 3.28. The topological polar surface area (TPSA) is 41.5 Å². The van der Waals surface area contributed by atoms with Crippen molar-refractivity contribution in [3.8, 4) is 0 Å². The van der Waals surface area contributed by atoms with Crippen molar-refractivity contribution in [1.82, 2.24) is 5.32 Å². The smallest absolute Gasteiger partial charge is 0.0911 e. The second-order valence-electron chi connectivity index (χ2n) is 5.52. The maximum Gasteiger partial charge on any atom is 0.0911 e. The van der Waals surface area contributed by atoms with Crippen LogP contribution in [0.3, 0.4) is 0 Å². The maximum atomic E-state index is 9.91. The highest BCUT2D eigenvalue weighted by molar-refractivity contribution is 5.35. The van der Waals surface area contributed by atoms with Crippen LogP contribution in [0.1, 0.15) is 36.8 Å². The third-order valence-corrected chi connectivity index (χ3v) is 4.24. The van der Waals surface area contributed by atoms with Crippen LogP contribution >= 0.6 is 0 Å². The van der Waals surface area contributed by atoms with Crippen molar-refractivity contribution in [3.63, 3.8) is 0 Å². The highest BCUT2D eigenvalue weighted by Gasteiger charge is 2.38. The van der Waals surface area contributed by atoms with Crippen LogP contribution in [0, 0.1) is 0 Å². The van der Waals surface area contributed by atoms with Crippen LogP contribution < -0.4 is 5.32 Å². The van der Waals surface area contributed by atoms with Gasteiger partial charge in [0.05, 0.1) is 25.4 Å². The van der Waals surface area contributed by atoms with Crippen LogP contribution in [0.15, 0.2) is 24.3 Å². The van der Waals surface area contributed by atoms with E-state index >= 15 is 0 Å². The number of nitrogens with one attached hydrogen (secondary N) is 1. The van der Waals surface area contributed by atoms with Gasteiger partial charge in [0.15, 0.2) is 0 Å². The highest BCUT2D eigenvalue weighted by Crippen LogP contribution is 2.32. The van der Waals surface area contributed by atoms with Gasteiger partial charge in [-0.15, -0.1) is 0 Å². The van der Waals surface area contributed by atoms with Gasteiger partial charge in [-0.05, 0) is 24.0 Å². The molecular formula is C15H21NO2. The Kier molecular flexibility index (Phi) is 3.37. The summed E-state index contributed by atoms with van der Waals surface area (Å²) in [5, 5.41) is 13.6. The Balaban J connectivity index is 1.91. The molecule has 1 saturated carbocycles. The molecule has 0 aromatic heterocycles. The molecule has 1 unspecified atom stereocenters. The molecule has 0 amide bonds. The normalized spacial score (nSPS) is 28.3. The number of rotatable bonds is 3. The minimum atomic E-state index is -0.399. The Bertz CT molecular complexity index is 415. The van der Waals surface area contributed by atoms with Crippen LogP contribution in [0.5, 0.6) is 0 Å². The molecule has 98 valence electrons. The molecule has 3 nitrogen and oxygen atoms in total. The van der Waals surface area contributed by atoms with Crippen molar-refractivity contribution in [3.05, 3.63) is 35.4 Å². The van der Waals surface area contributed by atoms with Crippen LogP contribution in [0.25, 0.3) is 0 Å². The van der Waals surface area contributed by atoms with Gasteiger partial charge >= 0.3 is 0 Å². The van der Waals surface area contributed by atoms with Gasteiger partial charge in [0.1, 0.15) is 0 Å². The van der Waals surface area contributed by atoms with Gasteiger partial charge in [0, 0.05) is 6.04 Å². The predicted molar refractivity (Wildman–Crippen MR) is 70.3 cm³/mol. The lowest BCUT2D eigenvalue weighted by molar-refractivity contribution is 0.00167. The third kappa shape index (κ3) is 2.07. The van der Waals surface area contributed by atoms with Crippen LogP contribution in [-0.2, 0) is 16.9 Å². The van der Waals surface area contributed by atoms with Crippen molar-refractivity contribution in [2.75, 3.05) is 13.2 Å². The fraction of sp³-hybridized carbons (Fsp3) is 0.600. The second-order valence-corrected chi connectivity index (χ2v) is 5.52. The van der Waals surface area contributed by atoms with E-state index in [9.17, 15) is 5.11 Å². The SMILES string of the molecule is OCC1(NC2CCCC2)COCc2ccccc21. The van der Waals surface area contributed by atoms with E-state index in [1.54, 1.807) is 0 Å². The van der Waals surface area contributed by atoms with Gasteiger partial charge in [-0.2, -0.15) is 0 Å². The molecule has 1 heterocycles. The average Bonchev–Trinajstić information content (AvgIpc) is 2.92. The van der Waals surface area contributed by atoms with E-state index in [0.29, 0.717) is 19.3 Å². The zero-order chi connectivity index (χ0) is 12.4. The van der Waals surface area contributed by atoms with Crippen LogP contribution in [-0.4, -0.2) is 24.4 Å². The van der Waals surface area contributed by atoms with Gasteiger partial charge < -0.3 is 15.2 Å². The van der Waals surface area contributed by atoms with E-state index in [1.807, 2.05) is 12.1 Å². The van der Waals surface area contributed by atoms with Crippen molar-refractivity contribution in [2.24, 2.45) is 0 Å². The van der Waals surface area contributed by atoms with Crippen LogP contribution in [0.2, 0.25) is 0 Å². The van der Waals surface area contributed by atoms with Gasteiger partial charge in [-0.3, -0.25) is 0 Å². The Labute approximate surface area is 108 Å². The predicted octanol–water partition coefficient (Wildman–Crippen LogP) is 1.94. The zero-order valence-corrected chi connectivity index (χ0v) is 10.7. The Morgan fingerprint density at radius 3 is 2.83 bits per heavy atom. The molecule has 0 saturated heterocycles. The van der Waals surface area contributed by atoms with E-state index in [-0.39, 0.29) is 6.61 Å². The number of hydrogen-bond acceptors (Lipinski definition) is 3. The van der Waals surface area contributed by atoms with E-state index in [1.165, 1.54) is 36.8 Å². The highest BCUT2D eigenvalue weighted by atomic mass is 16.5. The molecule has 1 aromatic carbocycles. The van der Waals surface area contributed by atoms with Crippen molar-refractivity contribution in [1.29, 1.82) is 0 Å². The second kappa shape index (κ2) is 5.00. The average molecular weight is 247 g/mol. The fourth-order valence-corrected chi connectivity index (χ4v) is 3.28. The summed E-state index contributed by atoms with van der Waals surface area (Å²) in [6, 6.07) is 8.81. The summed E-state index contributed by atoms with van der Waals surface area (Å²) in [7, 11) is 0. The molecule has 2 aliphatic rings. The summed E-state index contributed by atoms with van der Waals surface area (Å²) in [6.45, 7) is 1.32.